The number of aromatic nitrogens is 2. The molecule has 0 bridgehead atoms. The van der Waals surface area contributed by atoms with Gasteiger partial charge in [-0.3, -0.25) is 4.72 Å². The Bertz CT molecular complexity index is 1120. The fourth-order valence-corrected chi connectivity index (χ4v) is 4.52. The van der Waals surface area contributed by atoms with E-state index in [1.54, 1.807) is 36.4 Å². The van der Waals surface area contributed by atoms with Crippen LogP contribution in [0.2, 0.25) is 5.02 Å². The van der Waals surface area contributed by atoms with E-state index in [0.717, 1.165) is 30.3 Å². The molecule has 7 nitrogen and oxygen atoms in total. The van der Waals surface area contributed by atoms with Crippen molar-refractivity contribution >= 4 is 44.8 Å². The van der Waals surface area contributed by atoms with Gasteiger partial charge in [0.15, 0.2) is 0 Å². The highest BCUT2D eigenvalue weighted by molar-refractivity contribution is 7.92. The summed E-state index contributed by atoms with van der Waals surface area (Å²) in [5.74, 6) is 1.35. The number of hydrogen-bond acceptors (Lipinski definition) is 6. The molecule has 0 radical (unpaired) electrons. The topological polar surface area (TPSA) is 87.2 Å². The lowest BCUT2D eigenvalue weighted by atomic mass is 10.3. The Morgan fingerprint density at radius 1 is 0.967 bits per heavy atom. The molecule has 2 aromatic carbocycles. The van der Waals surface area contributed by atoms with Crippen LogP contribution in [0.3, 0.4) is 0 Å². The monoisotopic (exact) mass is 445 g/mol. The third-order valence-electron chi connectivity index (χ3n) is 4.45. The van der Waals surface area contributed by atoms with Crippen molar-refractivity contribution in [3.05, 3.63) is 65.3 Å². The zero-order valence-corrected chi connectivity index (χ0v) is 18.6. The lowest BCUT2D eigenvalue weighted by Crippen LogP contribution is -2.23. The summed E-state index contributed by atoms with van der Waals surface area (Å²) in [5, 5.41) is 3.34. The molecule has 0 fully saturated rings. The normalized spacial score (nSPS) is 11.2. The molecule has 0 aliphatic carbocycles. The fraction of sp³-hybridized carbons (Fsp3) is 0.238. The Morgan fingerprint density at radius 2 is 1.60 bits per heavy atom. The summed E-state index contributed by atoms with van der Waals surface area (Å²) >= 11 is 6.01. The van der Waals surface area contributed by atoms with Crippen molar-refractivity contribution in [1.82, 2.24) is 9.97 Å². The van der Waals surface area contributed by atoms with Gasteiger partial charge in [0, 0.05) is 36.2 Å². The summed E-state index contributed by atoms with van der Waals surface area (Å²) in [5.41, 5.74) is 2.03. The molecule has 0 amide bonds. The minimum absolute atomic E-state index is 0.0333. The summed E-state index contributed by atoms with van der Waals surface area (Å²) in [4.78, 5) is 11.2. The van der Waals surface area contributed by atoms with Crippen LogP contribution >= 0.6 is 11.6 Å². The van der Waals surface area contributed by atoms with E-state index in [2.05, 4.69) is 38.8 Å². The van der Waals surface area contributed by atoms with Crippen molar-refractivity contribution in [2.45, 2.75) is 25.7 Å². The van der Waals surface area contributed by atoms with Crippen LogP contribution in [-0.2, 0) is 10.0 Å². The van der Waals surface area contributed by atoms with Crippen LogP contribution in [0.1, 0.15) is 19.5 Å². The maximum Gasteiger partial charge on any atom is 0.263 e. The lowest BCUT2D eigenvalue weighted by molar-refractivity contribution is 0.601. The first kappa shape index (κ1) is 21.9. The Hall–Kier alpha value is -2.84. The van der Waals surface area contributed by atoms with Crippen molar-refractivity contribution in [2.24, 2.45) is 0 Å². The largest absolute Gasteiger partial charge is 0.357 e. The number of rotatable bonds is 8. The molecule has 0 saturated carbocycles. The minimum atomic E-state index is -3.77. The molecule has 3 rings (SSSR count). The third-order valence-corrected chi connectivity index (χ3v) is 6.33. The second-order valence-electron chi connectivity index (χ2n) is 6.60. The van der Waals surface area contributed by atoms with Gasteiger partial charge >= 0.3 is 0 Å². The van der Waals surface area contributed by atoms with E-state index < -0.39 is 10.0 Å². The number of aryl methyl sites for hydroxylation is 1. The molecule has 0 saturated heterocycles. The Kier molecular flexibility index (Phi) is 6.79. The van der Waals surface area contributed by atoms with Crippen LogP contribution in [0, 0.1) is 6.92 Å². The average molecular weight is 446 g/mol. The highest BCUT2D eigenvalue weighted by Crippen LogP contribution is 2.25. The molecule has 1 aromatic heterocycles. The predicted octanol–water partition coefficient (Wildman–Crippen LogP) is 4.83. The molecule has 0 spiro atoms. The van der Waals surface area contributed by atoms with E-state index in [4.69, 9.17) is 11.6 Å². The number of nitrogens with zero attached hydrogens (tertiary/aromatic N) is 3. The fourth-order valence-electron chi connectivity index (χ4n) is 2.94. The van der Waals surface area contributed by atoms with Crippen molar-refractivity contribution < 1.29 is 8.42 Å². The van der Waals surface area contributed by atoms with E-state index in [9.17, 15) is 8.42 Å². The summed E-state index contributed by atoms with van der Waals surface area (Å²) in [6.45, 7) is 7.79. The van der Waals surface area contributed by atoms with E-state index in [1.165, 1.54) is 12.1 Å². The van der Waals surface area contributed by atoms with Gasteiger partial charge in [0.2, 0.25) is 5.95 Å². The molecule has 158 valence electrons. The highest BCUT2D eigenvalue weighted by Gasteiger charge is 2.17. The molecular weight excluding hydrogens is 422 g/mol. The zero-order chi connectivity index (χ0) is 21.7. The van der Waals surface area contributed by atoms with Crippen molar-refractivity contribution in [1.29, 1.82) is 0 Å². The maximum absolute atomic E-state index is 12.6. The molecule has 2 N–H and O–H groups in total. The van der Waals surface area contributed by atoms with Crippen LogP contribution < -0.4 is 14.9 Å². The van der Waals surface area contributed by atoms with Gasteiger partial charge in [0.25, 0.3) is 10.0 Å². The predicted molar refractivity (Wildman–Crippen MR) is 122 cm³/mol. The van der Waals surface area contributed by atoms with Crippen LogP contribution in [0.25, 0.3) is 0 Å². The van der Waals surface area contributed by atoms with Crippen molar-refractivity contribution in [2.75, 3.05) is 28.0 Å². The number of sulfonamides is 1. The van der Waals surface area contributed by atoms with E-state index in [1.807, 2.05) is 13.0 Å². The van der Waals surface area contributed by atoms with Gasteiger partial charge < -0.3 is 10.2 Å². The van der Waals surface area contributed by atoms with E-state index in [-0.39, 0.29) is 9.92 Å². The van der Waals surface area contributed by atoms with E-state index in [0.29, 0.717) is 11.6 Å². The second kappa shape index (κ2) is 9.32. The molecule has 1 heterocycles. The molecule has 9 heteroatoms. The molecule has 0 atom stereocenters. The number of hydrogen-bond donors (Lipinski definition) is 2. The number of nitrogens with one attached hydrogen (secondary N) is 2. The van der Waals surface area contributed by atoms with E-state index >= 15 is 0 Å². The van der Waals surface area contributed by atoms with Gasteiger partial charge in [-0.15, -0.1) is 0 Å². The first-order valence-corrected chi connectivity index (χ1v) is 11.4. The molecule has 30 heavy (non-hydrogen) atoms. The summed E-state index contributed by atoms with van der Waals surface area (Å²) < 4.78 is 27.7. The first-order valence-electron chi connectivity index (χ1n) is 9.57. The summed E-state index contributed by atoms with van der Waals surface area (Å²) in [7, 11) is -3.77. The minimum Gasteiger partial charge on any atom is -0.357 e. The zero-order valence-electron chi connectivity index (χ0n) is 17.1. The standard InChI is InChI=1S/C21H24ClN5O2S/c1-4-27(5-2)20-14-15(3)23-21(25-20)24-16-10-12-17(13-11-16)26-30(28,29)19-9-7-6-8-18(19)22/h6-14,26H,4-5H2,1-3H3,(H,23,24,25). The second-order valence-corrected chi connectivity index (χ2v) is 8.66. The van der Waals surface area contributed by atoms with Gasteiger partial charge in [-0.1, -0.05) is 23.7 Å². The van der Waals surface area contributed by atoms with Gasteiger partial charge in [0.1, 0.15) is 10.7 Å². The quantitative estimate of drug-likeness (QED) is 0.516. The van der Waals surface area contributed by atoms with Gasteiger partial charge in [0.05, 0.1) is 5.02 Å². The van der Waals surface area contributed by atoms with Crippen molar-refractivity contribution in [3.63, 3.8) is 0 Å². The number of benzene rings is 2. The highest BCUT2D eigenvalue weighted by atomic mass is 35.5. The number of halogens is 1. The smallest absolute Gasteiger partial charge is 0.263 e. The molecule has 0 aliphatic rings. The SMILES string of the molecule is CCN(CC)c1cc(C)nc(Nc2ccc(NS(=O)(=O)c3ccccc3Cl)cc2)n1. The third kappa shape index (κ3) is 5.20. The molecule has 0 aliphatic heterocycles. The summed E-state index contributed by atoms with van der Waals surface area (Å²) in [6.07, 6.45) is 0. The first-order chi connectivity index (χ1) is 14.3. The van der Waals surface area contributed by atoms with Gasteiger partial charge in [-0.2, -0.15) is 4.98 Å². The Morgan fingerprint density at radius 3 is 2.23 bits per heavy atom. The van der Waals surface area contributed by atoms with Crippen LogP contribution in [0.4, 0.5) is 23.1 Å². The maximum atomic E-state index is 12.6. The number of anilines is 4. The Balaban J connectivity index is 1.76. The Labute approximate surface area is 182 Å². The van der Waals surface area contributed by atoms with Crippen LogP contribution in [-0.4, -0.2) is 31.5 Å². The lowest BCUT2D eigenvalue weighted by Gasteiger charge is -2.20. The summed E-state index contributed by atoms with van der Waals surface area (Å²) in [6, 6.07) is 15.1. The van der Waals surface area contributed by atoms with Crippen molar-refractivity contribution in [3.8, 4) is 0 Å². The van der Waals surface area contributed by atoms with Crippen LogP contribution in [0.5, 0.6) is 0 Å². The van der Waals surface area contributed by atoms with Gasteiger partial charge in [-0.25, -0.2) is 13.4 Å². The van der Waals surface area contributed by atoms with Crippen LogP contribution in [0.15, 0.2) is 59.5 Å². The molecular formula is C21H24ClN5O2S. The molecule has 0 unspecified atom stereocenters. The molecule has 3 aromatic rings. The average Bonchev–Trinajstić information content (AvgIpc) is 2.70. The van der Waals surface area contributed by atoms with Gasteiger partial charge in [-0.05, 0) is 57.2 Å².